The molecule has 13 heteroatoms. The van der Waals surface area contributed by atoms with Crippen molar-refractivity contribution in [3.05, 3.63) is 112 Å². The van der Waals surface area contributed by atoms with Crippen molar-refractivity contribution in [1.29, 1.82) is 0 Å². The lowest BCUT2D eigenvalue weighted by Crippen LogP contribution is -2.33. The summed E-state index contributed by atoms with van der Waals surface area (Å²) in [6.45, 7) is 10.3. The number of aryl methyl sites for hydroxylation is 3. The average Bonchev–Trinajstić information content (AvgIpc) is 3.47. The number of halogens is 3. The zero-order valence-corrected chi connectivity index (χ0v) is 29.3. The largest absolute Gasteiger partial charge is 0.416 e. The van der Waals surface area contributed by atoms with Gasteiger partial charge in [-0.15, -0.1) is 5.10 Å². The van der Waals surface area contributed by atoms with E-state index in [1.54, 1.807) is 24.5 Å². The SMILES string of the molecule is CCn1nnc2c(C)c(C(c3ccc(C)c(CN4C[C@@H](C)Cc5ccc(C(F)(F)F)cc5S4(=O)=O)c3)C(C)C(=O)Nc3cccnc3)ccc21. The summed E-state index contributed by atoms with van der Waals surface area (Å²) in [5.41, 5.74) is 5.55. The molecule has 2 aromatic heterocycles. The quantitative estimate of drug-likeness (QED) is 0.182. The highest BCUT2D eigenvalue weighted by molar-refractivity contribution is 7.89. The van der Waals surface area contributed by atoms with Crippen LogP contribution in [0.25, 0.3) is 11.0 Å². The van der Waals surface area contributed by atoms with Gasteiger partial charge in [0.25, 0.3) is 0 Å². The molecule has 50 heavy (non-hydrogen) atoms. The number of rotatable bonds is 8. The van der Waals surface area contributed by atoms with E-state index in [-0.39, 0.29) is 29.8 Å². The van der Waals surface area contributed by atoms with Gasteiger partial charge in [0.15, 0.2) is 0 Å². The van der Waals surface area contributed by atoms with Gasteiger partial charge in [-0.25, -0.2) is 13.1 Å². The van der Waals surface area contributed by atoms with Crippen molar-refractivity contribution in [1.82, 2.24) is 24.3 Å². The van der Waals surface area contributed by atoms with Crippen LogP contribution in [0.15, 0.2) is 78.0 Å². The molecule has 0 bridgehead atoms. The molecule has 3 aromatic carbocycles. The lowest BCUT2D eigenvalue weighted by Gasteiger charge is -2.28. The number of anilines is 1. The molecule has 1 aliphatic rings. The van der Waals surface area contributed by atoms with E-state index in [2.05, 4.69) is 20.6 Å². The molecule has 3 atom stereocenters. The van der Waals surface area contributed by atoms with Gasteiger partial charge in [-0.2, -0.15) is 17.5 Å². The zero-order chi connectivity index (χ0) is 36.0. The second-order valence-electron chi connectivity index (χ2n) is 13.2. The molecule has 1 N–H and O–H groups in total. The fraction of sp³-hybridized carbons (Fsp3) is 0.351. The maximum absolute atomic E-state index is 14.1. The number of fused-ring (bicyclic) bond motifs is 2. The smallest absolute Gasteiger partial charge is 0.324 e. The molecule has 5 aromatic rings. The summed E-state index contributed by atoms with van der Waals surface area (Å²) in [5, 5.41) is 11.7. The minimum absolute atomic E-state index is 0.0478. The number of hydrogen-bond donors (Lipinski definition) is 1. The number of nitrogens with one attached hydrogen (secondary N) is 1. The van der Waals surface area contributed by atoms with Gasteiger partial charge in [0, 0.05) is 37.7 Å². The molecule has 6 rings (SSSR count). The van der Waals surface area contributed by atoms with E-state index in [0.29, 0.717) is 29.8 Å². The lowest BCUT2D eigenvalue weighted by atomic mass is 9.78. The van der Waals surface area contributed by atoms with Crippen LogP contribution >= 0.6 is 0 Å². The fourth-order valence-corrected chi connectivity index (χ4v) is 8.69. The van der Waals surface area contributed by atoms with E-state index in [9.17, 15) is 26.4 Å². The molecule has 0 fully saturated rings. The Morgan fingerprint density at radius 1 is 1.08 bits per heavy atom. The molecule has 0 saturated carbocycles. The minimum atomic E-state index is -4.68. The summed E-state index contributed by atoms with van der Waals surface area (Å²) < 4.78 is 72.2. The highest BCUT2D eigenvalue weighted by atomic mass is 32.2. The Bertz CT molecular complexity index is 2170. The highest BCUT2D eigenvalue weighted by Crippen LogP contribution is 2.39. The Labute approximate surface area is 289 Å². The van der Waals surface area contributed by atoms with Crippen LogP contribution in [0.1, 0.15) is 65.6 Å². The van der Waals surface area contributed by atoms with E-state index in [4.69, 9.17) is 0 Å². The maximum Gasteiger partial charge on any atom is 0.416 e. The predicted molar refractivity (Wildman–Crippen MR) is 185 cm³/mol. The second-order valence-corrected chi connectivity index (χ2v) is 15.1. The number of amides is 1. The Kier molecular flexibility index (Phi) is 9.57. The molecule has 0 saturated heterocycles. The number of sulfonamides is 1. The Balaban J connectivity index is 1.43. The summed E-state index contributed by atoms with van der Waals surface area (Å²) in [6.07, 6.45) is -1.16. The first-order chi connectivity index (χ1) is 23.7. The first kappa shape index (κ1) is 35.2. The van der Waals surface area contributed by atoms with Crippen LogP contribution < -0.4 is 5.32 Å². The number of carbonyl (C=O) groups is 1. The summed E-state index contributed by atoms with van der Waals surface area (Å²) in [5.74, 6) is -1.45. The van der Waals surface area contributed by atoms with Gasteiger partial charge in [0.1, 0.15) is 5.52 Å². The molecule has 3 heterocycles. The van der Waals surface area contributed by atoms with Gasteiger partial charge >= 0.3 is 6.18 Å². The van der Waals surface area contributed by atoms with Crippen molar-refractivity contribution in [3.8, 4) is 0 Å². The van der Waals surface area contributed by atoms with Crippen molar-refractivity contribution in [2.45, 2.75) is 71.1 Å². The van der Waals surface area contributed by atoms with Crippen LogP contribution in [0.3, 0.4) is 0 Å². The monoisotopic (exact) mass is 704 g/mol. The molecule has 0 aliphatic carbocycles. The van der Waals surface area contributed by atoms with E-state index in [1.165, 1.54) is 10.4 Å². The molecule has 1 amide bonds. The maximum atomic E-state index is 14.1. The third kappa shape index (κ3) is 6.76. The van der Waals surface area contributed by atoms with Crippen LogP contribution in [0, 0.1) is 25.7 Å². The van der Waals surface area contributed by atoms with Gasteiger partial charge in [-0.3, -0.25) is 9.78 Å². The number of benzene rings is 3. The number of pyridine rings is 1. The van der Waals surface area contributed by atoms with Gasteiger partial charge in [-0.05, 0) is 96.8 Å². The van der Waals surface area contributed by atoms with E-state index >= 15 is 0 Å². The number of nitrogens with zero attached hydrogens (tertiary/aromatic N) is 5. The third-order valence-corrected chi connectivity index (χ3v) is 11.5. The fourth-order valence-electron chi connectivity index (χ4n) is 6.89. The predicted octanol–water partition coefficient (Wildman–Crippen LogP) is 7.27. The van der Waals surface area contributed by atoms with Crippen LogP contribution in [0.5, 0.6) is 0 Å². The summed E-state index contributed by atoms with van der Waals surface area (Å²) in [7, 11) is -4.29. The topological polar surface area (TPSA) is 110 Å². The zero-order valence-electron chi connectivity index (χ0n) is 28.5. The number of hydrogen-bond acceptors (Lipinski definition) is 6. The second kappa shape index (κ2) is 13.6. The number of carbonyl (C=O) groups excluding carboxylic acids is 1. The number of aromatic nitrogens is 4. The third-order valence-electron chi connectivity index (χ3n) is 9.63. The Morgan fingerprint density at radius 3 is 2.56 bits per heavy atom. The highest BCUT2D eigenvalue weighted by Gasteiger charge is 2.37. The summed E-state index contributed by atoms with van der Waals surface area (Å²) in [6, 6.07) is 16.2. The van der Waals surface area contributed by atoms with Gasteiger partial charge in [0.05, 0.1) is 27.9 Å². The van der Waals surface area contributed by atoms with Crippen LogP contribution in [0.2, 0.25) is 0 Å². The van der Waals surface area contributed by atoms with Crippen molar-refractivity contribution in [3.63, 3.8) is 0 Å². The van der Waals surface area contributed by atoms with E-state index in [1.807, 2.05) is 69.6 Å². The first-order valence-corrected chi connectivity index (χ1v) is 18.0. The normalized spacial score (nSPS) is 17.6. The average molecular weight is 705 g/mol. The Morgan fingerprint density at radius 2 is 1.86 bits per heavy atom. The van der Waals surface area contributed by atoms with Gasteiger partial charge in [0.2, 0.25) is 15.9 Å². The van der Waals surface area contributed by atoms with Crippen LogP contribution in [-0.2, 0) is 40.5 Å². The first-order valence-electron chi connectivity index (χ1n) is 16.5. The standard InChI is InChI=1S/C37H39F3N6O3S/c1-6-46-32-14-13-31(24(4)35(32)43-44-46)34(25(5)36(47)42-30-8-7-15-41-19-30)27-10-9-23(3)28(17-27)21-45-20-22(2)16-26-11-12-29(37(38,39)40)18-33(26)50(45,48)49/h7-15,17-19,22,25,34H,6,16,20-21H2,1-5H3,(H,42,47)/t22-,25?,34?/m0/s1. The van der Waals surface area contributed by atoms with Crippen molar-refractivity contribution >= 4 is 32.7 Å². The molecule has 262 valence electrons. The summed E-state index contributed by atoms with van der Waals surface area (Å²) >= 11 is 0. The molecule has 1 aliphatic heterocycles. The van der Waals surface area contributed by atoms with Gasteiger partial charge < -0.3 is 5.32 Å². The lowest BCUT2D eigenvalue weighted by molar-refractivity contribution is -0.137. The molecule has 0 spiro atoms. The van der Waals surface area contributed by atoms with Crippen LogP contribution in [0.4, 0.5) is 18.9 Å². The van der Waals surface area contributed by atoms with Crippen molar-refractivity contribution in [2.24, 2.45) is 11.8 Å². The summed E-state index contributed by atoms with van der Waals surface area (Å²) in [4.78, 5) is 17.6. The van der Waals surface area contributed by atoms with E-state index < -0.39 is 33.6 Å². The molecule has 0 radical (unpaired) electrons. The molecular formula is C37H39F3N6O3S. The molecular weight excluding hydrogens is 666 g/mol. The van der Waals surface area contributed by atoms with Crippen molar-refractivity contribution in [2.75, 3.05) is 11.9 Å². The van der Waals surface area contributed by atoms with Crippen LogP contribution in [-0.4, -0.2) is 45.2 Å². The molecule has 9 nitrogen and oxygen atoms in total. The number of alkyl halides is 3. The Hall–Kier alpha value is -4.62. The van der Waals surface area contributed by atoms with Gasteiger partial charge in [-0.1, -0.05) is 49.4 Å². The van der Waals surface area contributed by atoms with E-state index in [0.717, 1.165) is 45.4 Å². The minimum Gasteiger partial charge on any atom is -0.324 e. The molecule has 2 unspecified atom stereocenters. The van der Waals surface area contributed by atoms with Crippen molar-refractivity contribution < 1.29 is 26.4 Å².